The molecule has 2 heteroatoms. The third-order valence-electron chi connectivity index (χ3n) is 2.35. The molecule has 13 heavy (non-hydrogen) atoms. The Balaban J connectivity index is 3.03. The number of hydrogen-bond donors (Lipinski definition) is 0. The van der Waals surface area contributed by atoms with Crippen LogP contribution in [0.1, 0.15) is 59.3 Å². The molecule has 1 nitrogen and oxygen atoms in total. The second-order valence-corrected chi connectivity index (χ2v) is 6.16. The van der Waals surface area contributed by atoms with E-state index in [0.717, 1.165) is 12.1 Å². The highest BCUT2D eigenvalue weighted by molar-refractivity contribution is 6.29. The van der Waals surface area contributed by atoms with E-state index >= 15 is 0 Å². The lowest BCUT2D eigenvalue weighted by Gasteiger charge is -2.10. The molecule has 1 atom stereocenters. The zero-order chi connectivity index (χ0) is 9.94. The number of unbranched alkanes of at least 4 members (excludes halogenated alkanes) is 3. The average Bonchev–Trinajstić information content (AvgIpc) is 2.14. The van der Waals surface area contributed by atoms with Gasteiger partial charge in [0, 0.05) is 6.61 Å². The molecule has 1 unspecified atom stereocenters. The Morgan fingerprint density at radius 3 is 2.38 bits per heavy atom. The molecule has 0 aromatic rings. The molecule has 0 aliphatic carbocycles. The summed E-state index contributed by atoms with van der Waals surface area (Å²) in [5.41, 5.74) is 0.890. The normalized spacial score (nSPS) is 14.1. The quantitative estimate of drug-likeness (QED) is 0.412. The van der Waals surface area contributed by atoms with E-state index < -0.39 is 0 Å². The summed E-state index contributed by atoms with van der Waals surface area (Å²) in [7, 11) is -0.213. The average molecular weight is 202 g/mol. The van der Waals surface area contributed by atoms with Gasteiger partial charge in [-0.05, 0) is 12.0 Å². The first-order chi connectivity index (χ1) is 6.31. The molecule has 0 bridgehead atoms. The van der Waals surface area contributed by atoms with E-state index in [1.807, 2.05) is 0 Å². The van der Waals surface area contributed by atoms with Crippen molar-refractivity contribution in [1.82, 2.24) is 0 Å². The molecule has 0 aliphatic heterocycles. The first kappa shape index (κ1) is 13.2. The molecule has 0 radical (unpaired) electrons. The molecule has 0 aromatic heterocycles. The SMILES string of the molecule is CCCCCO[SiH2]C(C)CCCC. The Labute approximate surface area is 86.2 Å². The first-order valence-corrected chi connectivity index (χ1v) is 7.28. The van der Waals surface area contributed by atoms with Gasteiger partial charge in [0.05, 0.1) is 0 Å². The van der Waals surface area contributed by atoms with E-state index in [9.17, 15) is 0 Å². The van der Waals surface area contributed by atoms with Crippen molar-refractivity contribution in [3.05, 3.63) is 0 Å². The summed E-state index contributed by atoms with van der Waals surface area (Å²) < 4.78 is 5.73. The molecule has 0 N–H and O–H groups in total. The van der Waals surface area contributed by atoms with E-state index in [4.69, 9.17) is 4.43 Å². The Hall–Kier alpha value is 0.177. The maximum Gasteiger partial charge on any atom is 0.164 e. The predicted octanol–water partition coefficient (Wildman–Crippen LogP) is 3.28. The fourth-order valence-electron chi connectivity index (χ4n) is 1.37. The molecular formula is C11H26OSi. The van der Waals surface area contributed by atoms with Crippen molar-refractivity contribution in [2.75, 3.05) is 6.61 Å². The maximum absolute atomic E-state index is 5.73. The molecule has 0 fully saturated rings. The molecule has 0 spiro atoms. The van der Waals surface area contributed by atoms with E-state index in [1.54, 1.807) is 0 Å². The highest BCUT2D eigenvalue weighted by atomic mass is 28.2. The van der Waals surface area contributed by atoms with Crippen LogP contribution in [-0.2, 0) is 4.43 Å². The highest BCUT2D eigenvalue weighted by Gasteiger charge is 2.01. The Morgan fingerprint density at radius 1 is 1.08 bits per heavy atom. The highest BCUT2D eigenvalue weighted by Crippen LogP contribution is 2.12. The molecule has 0 saturated heterocycles. The van der Waals surface area contributed by atoms with Gasteiger partial charge in [-0.1, -0.05) is 52.9 Å². The fourth-order valence-corrected chi connectivity index (χ4v) is 2.60. The summed E-state index contributed by atoms with van der Waals surface area (Å²) in [4.78, 5) is 0. The van der Waals surface area contributed by atoms with E-state index in [2.05, 4.69) is 20.8 Å². The molecule has 0 aromatic carbocycles. The van der Waals surface area contributed by atoms with Crippen LogP contribution >= 0.6 is 0 Å². The topological polar surface area (TPSA) is 9.23 Å². The van der Waals surface area contributed by atoms with Crippen LogP contribution in [0.5, 0.6) is 0 Å². The van der Waals surface area contributed by atoms with Gasteiger partial charge in [0.15, 0.2) is 9.76 Å². The van der Waals surface area contributed by atoms with Gasteiger partial charge in [-0.3, -0.25) is 0 Å². The number of hydrogen-bond acceptors (Lipinski definition) is 1. The molecule has 0 heterocycles. The Bertz CT molecular complexity index is 96.1. The fraction of sp³-hybridized carbons (Fsp3) is 1.00. The van der Waals surface area contributed by atoms with Crippen molar-refractivity contribution in [3.63, 3.8) is 0 Å². The molecule has 0 rings (SSSR count). The van der Waals surface area contributed by atoms with Crippen molar-refractivity contribution < 1.29 is 4.43 Å². The molecule has 0 saturated carbocycles. The van der Waals surface area contributed by atoms with Gasteiger partial charge in [0.2, 0.25) is 0 Å². The van der Waals surface area contributed by atoms with Gasteiger partial charge >= 0.3 is 0 Å². The van der Waals surface area contributed by atoms with Gasteiger partial charge in [-0.15, -0.1) is 0 Å². The minimum atomic E-state index is -0.213. The lowest BCUT2D eigenvalue weighted by Crippen LogP contribution is -2.06. The van der Waals surface area contributed by atoms with Gasteiger partial charge in [0.25, 0.3) is 0 Å². The lowest BCUT2D eigenvalue weighted by atomic mass is 10.2. The van der Waals surface area contributed by atoms with Crippen LogP contribution in [0.15, 0.2) is 0 Å². The van der Waals surface area contributed by atoms with Gasteiger partial charge < -0.3 is 4.43 Å². The predicted molar refractivity (Wildman–Crippen MR) is 63.0 cm³/mol. The number of rotatable bonds is 9. The molecular weight excluding hydrogens is 176 g/mol. The first-order valence-electron chi connectivity index (χ1n) is 5.89. The largest absolute Gasteiger partial charge is 0.424 e. The smallest absolute Gasteiger partial charge is 0.164 e. The van der Waals surface area contributed by atoms with Crippen LogP contribution in [0.3, 0.4) is 0 Å². The maximum atomic E-state index is 5.73. The van der Waals surface area contributed by atoms with Crippen molar-refractivity contribution in [2.45, 2.75) is 64.8 Å². The van der Waals surface area contributed by atoms with Gasteiger partial charge in [-0.25, -0.2) is 0 Å². The van der Waals surface area contributed by atoms with Gasteiger partial charge in [-0.2, -0.15) is 0 Å². The van der Waals surface area contributed by atoms with Crippen LogP contribution in [0, 0.1) is 0 Å². The van der Waals surface area contributed by atoms with E-state index in [0.29, 0.717) is 0 Å². The molecule has 0 amide bonds. The van der Waals surface area contributed by atoms with Crippen molar-refractivity contribution in [1.29, 1.82) is 0 Å². The molecule has 0 aliphatic rings. The minimum absolute atomic E-state index is 0.213. The van der Waals surface area contributed by atoms with Crippen LogP contribution < -0.4 is 0 Å². The summed E-state index contributed by atoms with van der Waals surface area (Å²) in [6, 6.07) is 0. The summed E-state index contributed by atoms with van der Waals surface area (Å²) in [6.07, 6.45) is 8.00. The Morgan fingerprint density at radius 2 is 1.77 bits per heavy atom. The van der Waals surface area contributed by atoms with Gasteiger partial charge in [0.1, 0.15) is 0 Å². The third-order valence-corrected chi connectivity index (χ3v) is 3.85. The second kappa shape index (κ2) is 10.3. The lowest BCUT2D eigenvalue weighted by molar-refractivity contribution is 0.315. The monoisotopic (exact) mass is 202 g/mol. The van der Waals surface area contributed by atoms with Crippen LogP contribution in [0.4, 0.5) is 0 Å². The Kier molecular flexibility index (Phi) is 10.4. The van der Waals surface area contributed by atoms with E-state index in [1.165, 1.54) is 38.5 Å². The van der Waals surface area contributed by atoms with Crippen LogP contribution in [0.25, 0.3) is 0 Å². The zero-order valence-electron chi connectivity index (χ0n) is 9.64. The molecule has 80 valence electrons. The van der Waals surface area contributed by atoms with Crippen LogP contribution in [-0.4, -0.2) is 16.4 Å². The van der Waals surface area contributed by atoms with Crippen LogP contribution in [0.2, 0.25) is 5.54 Å². The van der Waals surface area contributed by atoms with Crippen molar-refractivity contribution in [2.24, 2.45) is 0 Å². The summed E-state index contributed by atoms with van der Waals surface area (Å²) in [5, 5.41) is 0. The van der Waals surface area contributed by atoms with Crippen molar-refractivity contribution >= 4 is 9.76 Å². The summed E-state index contributed by atoms with van der Waals surface area (Å²) in [5.74, 6) is 0. The minimum Gasteiger partial charge on any atom is -0.424 e. The second-order valence-electron chi connectivity index (χ2n) is 4.03. The van der Waals surface area contributed by atoms with Crippen molar-refractivity contribution in [3.8, 4) is 0 Å². The van der Waals surface area contributed by atoms with E-state index in [-0.39, 0.29) is 9.76 Å². The summed E-state index contributed by atoms with van der Waals surface area (Å²) in [6.45, 7) is 7.87. The zero-order valence-corrected chi connectivity index (χ0v) is 11.1. The third kappa shape index (κ3) is 10.1. The standard InChI is InChI=1S/C11H26OSi/c1-4-6-8-10-12-13-11(3)9-7-5-2/h11H,4-10,13H2,1-3H3. The summed E-state index contributed by atoms with van der Waals surface area (Å²) >= 11 is 0.